The molecular weight excluding hydrogens is 206 g/mol. The maximum absolute atomic E-state index is 10.8. The lowest BCUT2D eigenvalue weighted by Gasteiger charge is -2.13. The number of hydrogen-bond acceptors (Lipinski definition) is 4. The van der Waals surface area contributed by atoms with Crippen LogP contribution in [0.5, 0.6) is 0 Å². The molecule has 5 nitrogen and oxygen atoms in total. The van der Waals surface area contributed by atoms with Gasteiger partial charge in [-0.1, -0.05) is 13.0 Å². The Bertz CT molecular complexity index is 402. The molecule has 0 spiro atoms. The van der Waals surface area contributed by atoms with Crippen molar-refractivity contribution in [2.24, 2.45) is 0 Å². The first-order chi connectivity index (χ1) is 7.45. The van der Waals surface area contributed by atoms with E-state index in [-0.39, 0.29) is 11.4 Å². The molecule has 0 aliphatic carbocycles. The summed E-state index contributed by atoms with van der Waals surface area (Å²) in [5, 5.41) is 10.8. The number of anilines is 1. The molecule has 0 aromatic heterocycles. The zero-order valence-corrected chi connectivity index (χ0v) is 9.86. The smallest absolute Gasteiger partial charge is 0.292 e. The molecule has 5 heteroatoms. The van der Waals surface area contributed by atoms with Crippen LogP contribution in [-0.2, 0) is 13.0 Å². The molecule has 0 aliphatic rings. The van der Waals surface area contributed by atoms with Crippen LogP contribution in [0.2, 0.25) is 0 Å². The minimum Gasteiger partial charge on any atom is -0.393 e. The summed E-state index contributed by atoms with van der Waals surface area (Å²) in [7, 11) is 3.81. The van der Waals surface area contributed by atoms with Crippen molar-refractivity contribution in [2.45, 2.75) is 19.9 Å². The van der Waals surface area contributed by atoms with Crippen molar-refractivity contribution in [3.05, 3.63) is 33.4 Å². The van der Waals surface area contributed by atoms with Crippen LogP contribution in [0.25, 0.3) is 0 Å². The second-order valence-corrected chi connectivity index (χ2v) is 4.04. The van der Waals surface area contributed by atoms with Crippen molar-refractivity contribution < 1.29 is 4.92 Å². The molecule has 0 bridgehead atoms. The van der Waals surface area contributed by atoms with Crippen LogP contribution >= 0.6 is 0 Å². The monoisotopic (exact) mass is 223 g/mol. The third-order valence-electron chi connectivity index (χ3n) is 2.40. The van der Waals surface area contributed by atoms with Gasteiger partial charge < -0.3 is 10.6 Å². The van der Waals surface area contributed by atoms with Crippen molar-refractivity contribution in [3.8, 4) is 0 Å². The Morgan fingerprint density at radius 3 is 2.50 bits per heavy atom. The Hall–Kier alpha value is -1.62. The second-order valence-electron chi connectivity index (χ2n) is 4.04. The number of hydrogen-bond donors (Lipinski definition) is 1. The van der Waals surface area contributed by atoms with Crippen LogP contribution < -0.4 is 5.73 Å². The van der Waals surface area contributed by atoms with E-state index in [9.17, 15) is 10.1 Å². The molecule has 0 saturated carbocycles. The van der Waals surface area contributed by atoms with Gasteiger partial charge in [-0.15, -0.1) is 0 Å². The van der Waals surface area contributed by atoms with E-state index in [2.05, 4.69) is 0 Å². The van der Waals surface area contributed by atoms with E-state index < -0.39 is 4.92 Å². The molecule has 16 heavy (non-hydrogen) atoms. The number of nitrogens with two attached hydrogens (primary N) is 1. The zero-order chi connectivity index (χ0) is 12.3. The number of rotatable bonds is 4. The van der Waals surface area contributed by atoms with Gasteiger partial charge in [-0.3, -0.25) is 10.1 Å². The van der Waals surface area contributed by atoms with Gasteiger partial charge in [0.05, 0.1) is 4.92 Å². The maximum atomic E-state index is 10.8. The molecule has 88 valence electrons. The van der Waals surface area contributed by atoms with E-state index in [4.69, 9.17) is 5.73 Å². The number of benzene rings is 1. The third kappa shape index (κ3) is 2.70. The molecule has 1 aromatic rings. The first-order valence-corrected chi connectivity index (χ1v) is 5.16. The molecule has 2 N–H and O–H groups in total. The fourth-order valence-corrected chi connectivity index (χ4v) is 1.59. The summed E-state index contributed by atoms with van der Waals surface area (Å²) in [5.41, 5.74) is 7.83. The van der Waals surface area contributed by atoms with E-state index in [0.717, 1.165) is 17.5 Å². The van der Waals surface area contributed by atoms with Gasteiger partial charge in [-0.25, -0.2) is 0 Å². The van der Waals surface area contributed by atoms with E-state index in [0.29, 0.717) is 6.54 Å². The lowest BCUT2D eigenvalue weighted by molar-refractivity contribution is -0.384. The van der Waals surface area contributed by atoms with Gasteiger partial charge in [0, 0.05) is 12.6 Å². The van der Waals surface area contributed by atoms with Gasteiger partial charge in [0.2, 0.25) is 0 Å². The fourth-order valence-electron chi connectivity index (χ4n) is 1.59. The standard InChI is InChI=1S/C11H17N3O2/c1-4-8-5-9(7-13(2)3)11(12)10(6-8)14(15)16/h5-6H,4,7,12H2,1-3H3. The topological polar surface area (TPSA) is 72.4 Å². The predicted octanol–water partition coefficient (Wildman–Crippen LogP) is 1.80. The van der Waals surface area contributed by atoms with E-state index in [1.807, 2.05) is 32.0 Å². The van der Waals surface area contributed by atoms with E-state index in [1.54, 1.807) is 6.07 Å². The van der Waals surface area contributed by atoms with Crippen molar-refractivity contribution in [1.29, 1.82) is 0 Å². The number of nitrogen functional groups attached to an aromatic ring is 1. The Labute approximate surface area is 95.0 Å². The second kappa shape index (κ2) is 4.94. The van der Waals surface area contributed by atoms with Gasteiger partial charge in [-0.05, 0) is 31.6 Å². The summed E-state index contributed by atoms with van der Waals surface area (Å²) in [5.74, 6) is 0. The van der Waals surface area contributed by atoms with Crippen LogP contribution in [-0.4, -0.2) is 23.9 Å². The molecular formula is C11H17N3O2. The SMILES string of the molecule is CCc1cc(CN(C)C)c(N)c([N+](=O)[O-])c1. The van der Waals surface area contributed by atoms with Crippen molar-refractivity contribution in [2.75, 3.05) is 19.8 Å². The Morgan fingerprint density at radius 2 is 2.06 bits per heavy atom. The average Bonchev–Trinajstić information content (AvgIpc) is 2.19. The quantitative estimate of drug-likeness (QED) is 0.480. The first-order valence-electron chi connectivity index (χ1n) is 5.16. The highest BCUT2D eigenvalue weighted by atomic mass is 16.6. The summed E-state index contributed by atoms with van der Waals surface area (Å²) in [4.78, 5) is 12.4. The molecule has 0 atom stereocenters. The summed E-state index contributed by atoms with van der Waals surface area (Å²) in [6.45, 7) is 2.58. The highest BCUT2D eigenvalue weighted by Crippen LogP contribution is 2.28. The zero-order valence-electron chi connectivity index (χ0n) is 9.86. The van der Waals surface area contributed by atoms with Crippen molar-refractivity contribution in [3.63, 3.8) is 0 Å². The average molecular weight is 223 g/mol. The molecule has 0 fully saturated rings. The predicted molar refractivity (Wildman–Crippen MR) is 64.3 cm³/mol. The third-order valence-corrected chi connectivity index (χ3v) is 2.40. The summed E-state index contributed by atoms with van der Waals surface area (Å²) in [6, 6.07) is 3.48. The minimum atomic E-state index is -0.423. The lowest BCUT2D eigenvalue weighted by Crippen LogP contribution is -2.13. The minimum absolute atomic E-state index is 0.0104. The molecule has 1 rings (SSSR count). The maximum Gasteiger partial charge on any atom is 0.292 e. The lowest BCUT2D eigenvalue weighted by atomic mass is 10.0. The molecule has 0 radical (unpaired) electrons. The number of nitro benzene ring substituents is 1. The van der Waals surface area contributed by atoms with Crippen molar-refractivity contribution in [1.82, 2.24) is 4.90 Å². The van der Waals surface area contributed by atoms with Crippen molar-refractivity contribution >= 4 is 11.4 Å². The molecule has 0 aliphatic heterocycles. The van der Waals surface area contributed by atoms with E-state index >= 15 is 0 Å². The highest BCUT2D eigenvalue weighted by molar-refractivity contribution is 5.64. The van der Waals surface area contributed by atoms with Crippen LogP contribution in [0.3, 0.4) is 0 Å². The number of aryl methyl sites for hydroxylation is 1. The van der Waals surface area contributed by atoms with Gasteiger partial charge in [0.1, 0.15) is 5.69 Å². The molecule has 0 heterocycles. The number of nitro groups is 1. The molecule has 0 amide bonds. The normalized spacial score (nSPS) is 10.8. The Morgan fingerprint density at radius 1 is 1.44 bits per heavy atom. The summed E-state index contributed by atoms with van der Waals surface area (Å²) in [6.07, 6.45) is 0.765. The summed E-state index contributed by atoms with van der Waals surface area (Å²) < 4.78 is 0. The van der Waals surface area contributed by atoms with Gasteiger partial charge >= 0.3 is 0 Å². The number of nitrogens with zero attached hydrogens (tertiary/aromatic N) is 2. The van der Waals surface area contributed by atoms with Crippen LogP contribution in [0, 0.1) is 10.1 Å². The fraction of sp³-hybridized carbons (Fsp3) is 0.455. The van der Waals surface area contributed by atoms with E-state index in [1.165, 1.54) is 0 Å². The van der Waals surface area contributed by atoms with Gasteiger partial charge in [-0.2, -0.15) is 0 Å². The summed E-state index contributed by atoms with van der Waals surface area (Å²) >= 11 is 0. The molecule has 0 unspecified atom stereocenters. The first kappa shape index (κ1) is 12.4. The molecule has 0 saturated heterocycles. The highest BCUT2D eigenvalue weighted by Gasteiger charge is 2.16. The van der Waals surface area contributed by atoms with Gasteiger partial charge in [0.15, 0.2) is 0 Å². The van der Waals surface area contributed by atoms with Crippen LogP contribution in [0.1, 0.15) is 18.1 Å². The van der Waals surface area contributed by atoms with Crippen LogP contribution in [0.4, 0.5) is 11.4 Å². The van der Waals surface area contributed by atoms with Gasteiger partial charge in [0.25, 0.3) is 5.69 Å². The molecule has 1 aromatic carbocycles. The van der Waals surface area contributed by atoms with Crippen LogP contribution in [0.15, 0.2) is 12.1 Å². The Kier molecular flexibility index (Phi) is 3.84. The Balaban J connectivity index is 3.25. The largest absolute Gasteiger partial charge is 0.393 e.